The highest BCUT2D eigenvalue weighted by Gasteiger charge is 2.20. The largest absolute Gasteiger partial charge is 0.381 e. The Morgan fingerprint density at radius 1 is 1.33 bits per heavy atom. The van der Waals surface area contributed by atoms with E-state index in [0.717, 1.165) is 61.7 Å². The van der Waals surface area contributed by atoms with E-state index in [0.29, 0.717) is 6.54 Å². The number of benzene rings is 1. The number of aromatic amines is 1. The summed E-state index contributed by atoms with van der Waals surface area (Å²) < 4.78 is 5.68. The number of imidazole rings is 1. The monoisotopic (exact) mass is 369 g/mol. The van der Waals surface area contributed by atoms with Gasteiger partial charge in [0, 0.05) is 33.4 Å². The van der Waals surface area contributed by atoms with Crippen LogP contribution in [0.5, 0.6) is 0 Å². The molecule has 2 N–H and O–H groups in total. The molecule has 1 aromatic carbocycles. The van der Waals surface area contributed by atoms with Crippen molar-refractivity contribution < 1.29 is 4.74 Å². The van der Waals surface area contributed by atoms with Gasteiger partial charge in [-0.05, 0) is 37.7 Å². The van der Waals surface area contributed by atoms with Crippen LogP contribution >= 0.6 is 0 Å². The Labute approximate surface area is 162 Å². The number of hydrogen-bond acceptors (Lipinski definition) is 3. The summed E-state index contributed by atoms with van der Waals surface area (Å²) in [6.07, 6.45) is 5.52. The predicted octanol–water partition coefficient (Wildman–Crippen LogP) is 3.29. The lowest BCUT2D eigenvalue weighted by molar-refractivity contribution is 0.123. The third-order valence-corrected chi connectivity index (χ3v) is 4.56. The first-order chi connectivity index (χ1) is 13.3. The number of aromatic nitrogens is 2. The van der Waals surface area contributed by atoms with Crippen molar-refractivity contribution in [2.75, 3.05) is 33.4 Å². The molecule has 1 saturated carbocycles. The summed E-state index contributed by atoms with van der Waals surface area (Å²) in [7, 11) is 2.04. The number of H-pyrrole nitrogens is 1. The molecule has 1 aromatic heterocycles. The molecule has 27 heavy (non-hydrogen) atoms. The van der Waals surface area contributed by atoms with Crippen LogP contribution in [0.4, 0.5) is 0 Å². The fourth-order valence-electron chi connectivity index (χ4n) is 2.86. The molecule has 146 valence electrons. The molecule has 3 rings (SSSR count). The van der Waals surface area contributed by atoms with Crippen molar-refractivity contribution in [3.63, 3.8) is 0 Å². The second-order valence-electron chi connectivity index (χ2n) is 7.07. The Morgan fingerprint density at radius 2 is 2.15 bits per heavy atom. The summed E-state index contributed by atoms with van der Waals surface area (Å²) in [4.78, 5) is 14.7. The van der Waals surface area contributed by atoms with Gasteiger partial charge in [0.15, 0.2) is 5.96 Å². The molecule has 0 aliphatic heterocycles. The molecular formula is C21H31N5O. The van der Waals surface area contributed by atoms with Crippen molar-refractivity contribution in [2.24, 2.45) is 10.9 Å². The summed E-state index contributed by atoms with van der Waals surface area (Å²) in [5.41, 5.74) is 2.18. The Kier molecular flexibility index (Phi) is 7.27. The third-order valence-electron chi connectivity index (χ3n) is 4.56. The number of guanidine groups is 1. The van der Waals surface area contributed by atoms with Crippen LogP contribution in [0.1, 0.15) is 32.0 Å². The van der Waals surface area contributed by atoms with E-state index in [2.05, 4.69) is 39.2 Å². The van der Waals surface area contributed by atoms with E-state index < -0.39 is 0 Å². The molecular weight excluding hydrogens is 338 g/mol. The highest BCUT2D eigenvalue weighted by Crippen LogP contribution is 2.28. The lowest BCUT2D eigenvalue weighted by Crippen LogP contribution is -2.38. The van der Waals surface area contributed by atoms with Crippen molar-refractivity contribution >= 4 is 5.96 Å². The smallest absolute Gasteiger partial charge is 0.194 e. The highest BCUT2D eigenvalue weighted by atomic mass is 16.5. The Balaban J connectivity index is 1.49. The van der Waals surface area contributed by atoms with E-state index in [1.807, 2.05) is 31.4 Å². The van der Waals surface area contributed by atoms with E-state index in [9.17, 15) is 0 Å². The van der Waals surface area contributed by atoms with Gasteiger partial charge in [-0.25, -0.2) is 4.98 Å². The average Bonchev–Trinajstić information content (AvgIpc) is 3.40. The Bertz CT molecular complexity index is 708. The molecule has 0 amide bonds. The van der Waals surface area contributed by atoms with E-state index in [1.54, 1.807) is 0 Å². The van der Waals surface area contributed by atoms with Crippen LogP contribution in [-0.2, 0) is 11.3 Å². The third kappa shape index (κ3) is 6.40. The number of aliphatic imine (C=N–C) groups is 1. The summed E-state index contributed by atoms with van der Waals surface area (Å²) in [5.74, 6) is 2.65. The second kappa shape index (κ2) is 10.1. The zero-order chi connectivity index (χ0) is 18.9. The molecule has 1 aliphatic rings. The zero-order valence-electron chi connectivity index (χ0n) is 16.4. The van der Waals surface area contributed by atoms with Crippen LogP contribution in [-0.4, -0.2) is 54.2 Å². The van der Waals surface area contributed by atoms with Gasteiger partial charge in [0.05, 0.1) is 18.4 Å². The van der Waals surface area contributed by atoms with Crippen molar-refractivity contribution in [3.05, 3.63) is 42.4 Å². The zero-order valence-corrected chi connectivity index (χ0v) is 16.4. The van der Waals surface area contributed by atoms with E-state index in [-0.39, 0.29) is 0 Å². The molecule has 1 aliphatic carbocycles. The number of rotatable bonds is 10. The van der Waals surface area contributed by atoms with Crippen LogP contribution in [0.25, 0.3) is 11.3 Å². The predicted molar refractivity (Wildman–Crippen MR) is 110 cm³/mol. The number of hydrogen-bond donors (Lipinski definition) is 2. The molecule has 0 atom stereocenters. The van der Waals surface area contributed by atoms with Crippen LogP contribution in [0, 0.1) is 5.92 Å². The van der Waals surface area contributed by atoms with Gasteiger partial charge in [0.1, 0.15) is 5.82 Å². The lowest BCUT2D eigenvalue weighted by Gasteiger charge is -2.21. The van der Waals surface area contributed by atoms with Crippen molar-refractivity contribution in [1.29, 1.82) is 0 Å². The van der Waals surface area contributed by atoms with Gasteiger partial charge in [-0.1, -0.05) is 30.3 Å². The molecule has 2 aromatic rings. The first-order valence-corrected chi connectivity index (χ1v) is 9.92. The first-order valence-electron chi connectivity index (χ1n) is 9.92. The Hall–Kier alpha value is -2.34. The van der Waals surface area contributed by atoms with Gasteiger partial charge < -0.3 is 19.9 Å². The Morgan fingerprint density at radius 3 is 2.89 bits per heavy atom. The first kappa shape index (κ1) is 19.4. The molecule has 0 bridgehead atoms. The van der Waals surface area contributed by atoms with Gasteiger partial charge in [0.25, 0.3) is 0 Å². The van der Waals surface area contributed by atoms with E-state index in [4.69, 9.17) is 9.73 Å². The number of nitrogens with zero attached hydrogens (tertiary/aromatic N) is 3. The van der Waals surface area contributed by atoms with E-state index >= 15 is 0 Å². The SMILES string of the molecule is CCNC(=NCCCOCC1CC1)N(C)Cc1ncc(-c2ccccc2)[nH]1. The minimum absolute atomic E-state index is 0.677. The molecule has 6 nitrogen and oxygen atoms in total. The average molecular weight is 370 g/mol. The van der Waals surface area contributed by atoms with Gasteiger partial charge in [0.2, 0.25) is 0 Å². The molecule has 0 saturated heterocycles. The van der Waals surface area contributed by atoms with Crippen molar-refractivity contribution in [1.82, 2.24) is 20.2 Å². The normalized spacial score (nSPS) is 14.4. The van der Waals surface area contributed by atoms with Crippen LogP contribution < -0.4 is 5.32 Å². The highest BCUT2D eigenvalue weighted by molar-refractivity contribution is 5.79. The van der Waals surface area contributed by atoms with Gasteiger partial charge in [-0.2, -0.15) is 0 Å². The summed E-state index contributed by atoms with van der Waals surface area (Å²) in [5, 5.41) is 3.35. The minimum atomic E-state index is 0.677. The van der Waals surface area contributed by atoms with Crippen LogP contribution in [0.15, 0.2) is 41.5 Å². The second-order valence-corrected chi connectivity index (χ2v) is 7.07. The van der Waals surface area contributed by atoms with E-state index in [1.165, 1.54) is 12.8 Å². The van der Waals surface area contributed by atoms with Crippen LogP contribution in [0.2, 0.25) is 0 Å². The molecule has 1 heterocycles. The maximum Gasteiger partial charge on any atom is 0.194 e. The van der Waals surface area contributed by atoms with Crippen molar-refractivity contribution in [2.45, 2.75) is 32.7 Å². The topological polar surface area (TPSA) is 65.5 Å². The molecule has 1 fully saturated rings. The maximum atomic E-state index is 5.68. The molecule has 0 unspecified atom stereocenters. The summed E-state index contributed by atoms with van der Waals surface area (Å²) >= 11 is 0. The molecule has 0 radical (unpaired) electrons. The molecule has 6 heteroatoms. The quantitative estimate of drug-likeness (QED) is 0.383. The fraction of sp³-hybridized carbons (Fsp3) is 0.524. The minimum Gasteiger partial charge on any atom is -0.381 e. The lowest BCUT2D eigenvalue weighted by atomic mass is 10.2. The number of nitrogens with one attached hydrogen (secondary N) is 2. The van der Waals surface area contributed by atoms with Gasteiger partial charge >= 0.3 is 0 Å². The maximum absolute atomic E-state index is 5.68. The van der Waals surface area contributed by atoms with Crippen molar-refractivity contribution in [3.8, 4) is 11.3 Å². The number of ether oxygens (including phenoxy) is 1. The van der Waals surface area contributed by atoms with Gasteiger partial charge in [-0.15, -0.1) is 0 Å². The standard InChI is InChI=1S/C21H31N5O/c1-3-22-21(23-12-7-13-27-16-17-10-11-17)26(2)15-20-24-14-19(25-20)18-8-5-4-6-9-18/h4-6,8-9,14,17H,3,7,10-13,15-16H2,1-2H3,(H,22,23)(H,24,25). The molecule has 0 spiro atoms. The van der Waals surface area contributed by atoms with Gasteiger partial charge in [-0.3, -0.25) is 4.99 Å². The summed E-state index contributed by atoms with van der Waals surface area (Å²) in [6, 6.07) is 10.2. The summed E-state index contributed by atoms with van der Waals surface area (Å²) in [6.45, 7) is 6.09. The van der Waals surface area contributed by atoms with Crippen LogP contribution in [0.3, 0.4) is 0 Å². The fourth-order valence-corrected chi connectivity index (χ4v) is 2.86.